The summed E-state index contributed by atoms with van der Waals surface area (Å²) in [5.74, 6) is 1.10. The molecule has 1 N–H and O–H groups in total. The molecular formula is C20H21N3O4. The SMILES string of the molecule is Cc1cc(C)cc(NC(=O)CN2CCN(c3ccc4c(c3)OCO4)C2=O)c1. The summed E-state index contributed by atoms with van der Waals surface area (Å²) >= 11 is 0. The van der Waals surface area contributed by atoms with Gasteiger partial charge in [0.1, 0.15) is 6.54 Å². The molecule has 0 atom stereocenters. The topological polar surface area (TPSA) is 71.1 Å². The van der Waals surface area contributed by atoms with E-state index in [-0.39, 0.29) is 25.3 Å². The van der Waals surface area contributed by atoms with Crippen LogP contribution < -0.4 is 19.7 Å². The van der Waals surface area contributed by atoms with E-state index in [4.69, 9.17) is 9.47 Å². The molecule has 0 unspecified atom stereocenters. The van der Waals surface area contributed by atoms with Crippen molar-refractivity contribution in [1.82, 2.24) is 4.90 Å². The van der Waals surface area contributed by atoms with Crippen LogP contribution in [0, 0.1) is 13.8 Å². The Balaban J connectivity index is 1.40. The van der Waals surface area contributed by atoms with Crippen LogP contribution >= 0.6 is 0 Å². The minimum Gasteiger partial charge on any atom is -0.454 e. The highest BCUT2D eigenvalue weighted by atomic mass is 16.7. The van der Waals surface area contributed by atoms with E-state index in [9.17, 15) is 9.59 Å². The number of nitrogens with one attached hydrogen (secondary N) is 1. The highest BCUT2D eigenvalue weighted by Gasteiger charge is 2.31. The zero-order valence-electron chi connectivity index (χ0n) is 15.3. The van der Waals surface area contributed by atoms with Crippen LogP contribution in [0.2, 0.25) is 0 Å². The summed E-state index contributed by atoms with van der Waals surface area (Å²) in [4.78, 5) is 28.3. The molecule has 1 fully saturated rings. The third-order valence-corrected chi connectivity index (χ3v) is 4.60. The van der Waals surface area contributed by atoms with Crippen LogP contribution in [0.15, 0.2) is 36.4 Å². The molecule has 0 aromatic heterocycles. The largest absolute Gasteiger partial charge is 0.454 e. The Bertz CT molecular complexity index is 892. The smallest absolute Gasteiger partial charge is 0.325 e. The average molecular weight is 367 g/mol. The van der Waals surface area contributed by atoms with Crippen LogP contribution in [0.4, 0.5) is 16.2 Å². The van der Waals surface area contributed by atoms with Gasteiger partial charge in [0.25, 0.3) is 0 Å². The van der Waals surface area contributed by atoms with Crippen molar-refractivity contribution in [2.24, 2.45) is 0 Å². The number of hydrogen-bond acceptors (Lipinski definition) is 4. The Morgan fingerprint density at radius 1 is 1.04 bits per heavy atom. The molecule has 2 aromatic rings. The Kier molecular flexibility index (Phi) is 4.35. The molecule has 2 aliphatic heterocycles. The van der Waals surface area contributed by atoms with Crippen molar-refractivity contribution >= 4 is 23.3 Å². The van der Waals surface area contributed by atoms with Gasteiger partial charge in [-0.05, 0) is 49.2 Å². The number of anilines is 2. The van der Waals surface area contributed by atoms with Gasteiger partial charge in [0.2, 0.25) is 12.7 Å². The second-order valence-corrected chi connectivity index (χ2v) is 6.82. The van der Waals surface area contributed by atoms with Crippen molar-refractivity contribution in [3.8, 4) is 11.5 Å². The van der Waals surface area contributed by atoms with Crippen LogP contribution in [0.1, 0.15) is 11.1 Å². The van der Waals surface area contributed by atoms with E-state index in [1.165, 1.54) is 0 Å². The Hall–Kier alpha value is -3.22. The van der Waals surface area contributed by atoms with Crippen molar-refractivity contribution < 1.29 is 19.1 Å². The number of carbonyl (C=O) groups excluding carboxylic acids is 2. The summed E-state index contributed by atoms with van der Waals surface area (Å²) < 4.78 is 10.7. The minimum absolute atomic E-state index is 0.0207. The molecule has 2 aromatic carbocycles. The van der Waals surface area contributed by atoms with Gasteiger partial charge in [-0.25, -0.2) is 4.79 Å². The lowest BCUT2D eigenvalue weighted by Crippen LogP contribution is -2.37. The van der Waals surface area contributed by atoms with Crippen LogP contribution in [-0.4, -0.2) is 43.3 Å². The molecule has 2 heterocycles. The number of rotatable bonds is 4. The van der Waals surface area contributed by atoms with Gasteiger partial charge in [0, 0.05) is 30.5 Å². The Labute approximate surface area is 157 Å². The Morgan fingerprint density at radius 3 is 2.56 bits per heavy atom. The van der Waals surface area contributed by atoms with E-state index in [1.807, 2.05) is 38.1 Å². The fraction of sp³-hybridized carbons (Fsp3) is 0.300. The van der Waals surface area contributed by atoms with E-state index in [0.29, 0.717) is 24.6 Å². The van der Waals surface area contributed by atoms with Crippen molar-refractivity contribution in [1.29, 1.82) is 0 Å². The standard InChI is InChI=1S/C20H21N3O4/c1-13-7-14(2)9-15(8-13)21-19(24)11-22-5-6-23(20(22)25)16-3-4-17-18(10-16)27-12-26-17/h3-4,7-10H,5-6,11-12H2,1-2H3,(H,21,24). The lowest BCUT2D eigenvalue weighted by atomic mass is 10.1. The molecule has 4 rings (SSSR count). The number of benzene rings is 2. The average Bonchev–Trinajstić information content (AvgIpc) is 3.20. The van der Waals surface area contributed by atoms with Gasteiger partial charge in [0.05, 0.1) is 0 Å². The van der Waals surface area contributed by atoms with Gasteiger partial charge in [-0.2, -0.15) is 0 Å². The second-order valence-electron chi connectivity index (χ2n) is 6.82. The van der Waals surface area contributed by atoms with E-state index < -0.39 is 0 Å². The molecule has 27 heavy (non-hydrogen) atoms. The number of hydrogen-bond donors (Lipinski definition) is 1. The van der Waals surface area contributed by atoms with E-state index in [2.05, 4.69) is 5.32 Å². The second kappa shape index (κ2) is 6.83. The summed E-state index contributed by atoms with van der Waals surface area (Å²) in [6, 6.07) is 11.1. The maximum absolute atomic E-state index is 12.7. The van der Waals surface area contributed by atoms with Gasteiger partial charge in [0.15, 0.2) is 11.5 Å². The molecule has 7 nitrogen and oxygen atoms in total. The first-order valence-corrected chi connectivity index (χ1v) is 8.84. The maximum atomic E-state index is 12.7. The number of aryl methyl sites for hydroxylation is 2. The van der Waals surface area contributed by atoms with Crippen LogP contribution in [0.25, 0.3) is 0 Å². The summed E-state index contributed by atoms with van der Waals surface area (Å²) in [5.41, 5.74) is 3.64. The molecule has 0 spiro atoms. The lowest BCUT2D eigenvalue weighted by Gasteiger charge is -2.19. The normalized spacial score (nSPS) is 15.4. The predicted octanol–water partition coefficient (Wildman–Crippen LogP) is 2.91. The quantitative estimate of drug-likeness (QED) is 0.902. The van der Waals surface area contributed by atoms with Crippen molar-refractivity contribution in [2.45, 2.75) is 13.8 Å². The molecule has 1 saturated heterocycles. The zero-order chi connectivity index (χ0) is 19.0. The van der Waals surface area contributed by atoms with Gasteiger partial charge in [-0.3, -0.25) is 9.69 Å². The third kappa shape index (κ3) is 3.53. The van der Waals surface area contributed by atoms with Crippen LogP contribution in [0.5, 0.6) is 11.5 Å². The zero-order valence-corrected chi connectivity index (χ0v) is 15.3. The molecule has 0 aliphatic carbocycles. The van der Waals surface area contributed by atoms with Gasteiger partial charge in [-0.15, -0.1) is 0 Å². The first-order valence-electron chi connectivity index (χ1n) is 8.84. The summed E-state index contributed by atoms with van der Waals surface area (Å²) in [7, 11) is 0. The van der Waals surface area contributed by atoms with E-state index >= 15 is 0 Å². The first-order chi connectivity index (χ1) is 13.0. The van der Waals surface area contributed by atoms with Crippen molar-refractivity contribution in [3.05, 3.63) is 47.5 Å². The molecule has 3 amide bonds. The number of nitrogens with zero attached hydrogens (tertiary/aromatic N) is 2. The highest BCUT2D eigenvalue weighted by Crippen LogP contribution is 2.36. The Morgan fingerprint density at radius 2 is 1.78 bits per heavy atom. The van der Waals surface area contributed by atoms with Gasteiger partial charge in [-0.1, -0.05) is 6.07 Å². The molecular weight excluding hydrogens is 346 g/mol. The molecule has 0 radical (unpaired) electrons. The van der Waals surface area contributed by atoms with Crippen molar-refractivity contribution in [3.63, 3.8) is 0 Å². The van der Waals surface area contributed by atoms with Gasteiger partial charge >= 0.3 is 6.03 Å². The summed E-state index contributed by atoms with van der Waals surface area (Å²) in [6.07, 6.45) is 0. The van der Waals surface area contributed by atoms with Gasteiger partial charge < -0.3 is 19.7 Å². The fourth-order valence-corrected chi connectivity index (χ4v) is 3.44. The van der Waals surface area contributed by atoms with Crippen LogP contribution in [0.3, 0.4) is 0 Å². The molecule has 0 bridgehead atoms. The minimum atomic E-state index is -0.208. The lowest BCUT2D eigenvalue weighted by molar-refractivity contribution is -0.116. The number of carbonyl (C=O) groups is 2. The summed E-state index contributed by atoms with van der Waals surface area (Å²) in [6.45, 7) is 5.19. The number of amides is 3. The number of fused-ring (bicyclic) bond motifs is 1. The predicted molar refractivity (Wildman–Crippen MR) is 101 cm³/mol. The van der Waals surface area contributed by atoms with E-state index in [1.54, 1.807) is 21.9 Å². The number of ether oxygens (including phenoxy) is 2. The van der Waals surface area contributed by atoms with E-state index in [0.717, 1.165) is 22.5 Å². The maximum Gasteiger partial charge on any atom is 0.325 e. The summed E-state index contributed by atoms with van der Waals surface area (Å²) in [5, 5.41) is 2.87. The molecule has 0 saturated carbocycles. The molecule has 140 valence electrons. The monoisotopic (exact) mass is 367 g/mol. The molecule has 7 heteroatoms. The highest BCUT2D eigenvalue weighted by molar-refractivity contribution is 5.99. The van der Waals surface area contributed by atoms with Crippen molar-refractivity contribution in [2.75, 3.05) is 36.6 Å². The third-order valence-electron chi connectivity index (χ3n) is 4.60. The van der Waals surface area contributed by atoms with Crippen LogP contribution in [-0.2, 0) is 4.79 Å². The first kappa shape index (κ1) is 17.2. The molecule has 2 aliphatic rings. The fourth-order valence-electron chi connectivity index (χ4n) is 3.44. The number of urea groups is 1.